The summed E-state index contributed by atoms with van der Waals surface area (Å²) in [5.41, 5.74) is 2.92. The van der Waals surface area contributed by atoms with E-state index in [9.17, 15) is 4.79 Å². The number of nitrogens with zero attached hydrogens (tertiary/aromatic N) is 1. The Morgan fingerprint density at radius 3 is 2.75 bits per heavy atom. The number of nitrogens with one attached hydrogen (secondary N) is 2. The zero-order valence-corrected chi connectivity index (χ0v) is 12.4. The molecule has 0 aromatic heterocycles. The highest BCUT2D eigenvalue weighted by atomic mass is 16.1. The number of benzene rings is 1. The molecule has 1 atom stereocenters. The summed E-state index contributed by atoms with van der Waals surface area (Å²) in [7, 11) is 0. The SMILES string of the molecule is CCC(C)N/C=C(/C#N)C(=O)Nc1cccc(C)c1C. The fourth-order valence-electron chi connectivity index (χ4n) is 1.57. The van der Waals surface area contributed by atoms with Crippen LogP contribution in [0.25, 0.3) is 0 Å². The van der Waals surface area contributed by atoms with Gasteiger partial charge in [-0.05, 0) is 44.4 Å². The molecule has 0 aliphatic heterocycles. The summed E-state index contributed by atoms with van der Waals surface area (Å²) in [5.74, 6) is -0.392. The van der Waals surface area contributed by atoms with Gasteiger partial charge in [-0.1, -0.05) is 19.1 Å². The molecule has 0 bridgehead atoms. The van der Waals surface area contributed by atoms with Crippen LogP contribution in [0.15, 0.2) is 30.0 Å². The van der Waals surface area contributed by atoms with Gasteiger partial charge in [0.25, 0.3) is 5.91 Å². The average molecular weight is 271 g/mol. The van der Waals surface area contributed by atoms with Crippen molar-refractivity contribution in [1.29, 1.82) is 5.26 Å². The lowest BCUT2D eigenvalue weighted by Crippen LogP contribution is -2.22. The number of carbonyl (C=O) groups is 1. The van der Waals surface area contributed by atoms with E-state index in [4.69, 9.17) is 5.26 Å². The van der Waals surface area contributed by atoms with Crippen LogP contribution in [0.4, 0.5) is 5.69 Å². The second-order valence-corrected chi connectivity index (χ2v) is 4.85. The van der Waals surface area contributed by atoms with Crippen LogP contribution in [0.1, 0.15) is 31.4 Å². The van der Waals surface area contributed by atoms with Gasteiger partial charge in [-0.3, -0.25) is 4.79 Å². The van der Waals surface area contributed by atoms with Crippen molar-refractivity contribution in [2.45, 2.75) is 40.2 Å². The first-order chi connectivity index (χ1) is 9.49. The Morgan fingerprint density at radius 2 is 2.15 bits per heavy atom. The molecule has 4 heteroatoms. The maximum absolute atomic E-state index is 12.1. The predicted molar refractivity (Wildman–Crippen MR) is 81.1 cm³/mol. The summed E-state index contributed by atoms with van der Waals surface area (Å²) >= 11 is 0. The summed E-state index contributed by atoms with van der Waals surface area (Å²) in [5, 5.41) is 14.9. The van der Waals surface area contributed by atoms with Crippen molar-refractivity contribution in [2.75, 3.05) is 5.32 Å². The number of rotatable bonds is 5. The lowest BCUT2D eigenvalue weighted by Gasteiger charge is -2.11. The monoisotopic (exact) mass is 271 g/mol. The van der Waals surface area contributed by atoms with Crippen LogP contribution >= 0.6 is 0 Å². The topological polar surface area (TPSA) is 64.9 Å². The molecule has 0 aliphatic carbocycles. The van der Waals surface area contributed by atoms with E-state index in [2.05, 4.69) is 10.6 Å². The van der Waals surface area contributed by atoms with Crippen molar-refractivity contribution < 1.29 is 4.79 Å². The van der Waals surface area contributed by atoms with Gasteiger partial charge < -0.3 is 10.6 Å². The Kier molecular flexibility index (Phi) is 5.79. The Labute approximate surface area is 120 Å². The molecule has 1 rings (SSSR count). The van der Waals surface area contributed by atoms with Crippen molar-refractivity contribution >= 4 is 11.6 Å². The van der Waals surface area contributed by atoms with Crippen molar-refractivity contribution in [3.05, 3.63) is 41.1 Å². The van der Waals surface area contributed by atoms with Gasteiger partial charge in [0, 0.05) is 17.9 Å². The zero-order valence-electron chi connectivity index (χ0n) is 12.4. The third kappa shape index (κ3) is 4.13. The minimum atomic E-state index is -0.392. The van der Waals surface area contributed by atoms with E-state index < -0.39 is 5.91 Å². The molecule has 1 aromatic carbocycles. The highest BCUT2D eigenvalue weighted by Crippen LogP contribution is 2.18. The second-order valence-electron chi connectivity index (χ2n) is 4.85. The molecule has 0 saturated heterocycles. The Morgan fingerprint density at radius 1 is 1.45 bits per heavy atom. The first-order valence-electron chi connectivity index (χ1n) is 6.73. The molecule has 1 aromatic rings. The second kappa shape index (κ2) is 7.34. The molecular formula is C16H21N3O. The van der Waals surface area contributed by atoms with Crippen LogP contribution in [-0.4, -0.2) is 11.9 Å². The van der Waals surface area contributed by atoms with E-state index in [1.165, 1.54) is 6.20 Å². The molecular weight excluding hydrogens is 250 g/mol. The van der Waals surface area contributed by atoms with Crippen molar-refractivity contribution in [2.24, 2.45) is 0 Å². The highest BCUT2D eigenvalue weighted by molar-refractivity contribution is 6.06. The summed E-state index contributed by atoms with van der Waals surface area (Å²) in [4.78, 5) is 12.1. The molecule has 106 valence electrons. The number of hydrogen-bond donors (Lipinski definition) is 2. The largest absolute Gasteiger partial charge is 0.387 e. The standard InChI is InChI=1S/C16H21N3O/c1-5-12(3)18-10-14(9-17)16(20)19-15-8-6-7-11(2)13(15)4/h6-8,10,12,18H,5H2,1-4H3,(H,19,20)/b14-10-. The number of anilines is 1. The minimum Gasteiger partial charge on any atom is -0.387 e. The van der Waals surface area contributed by atoms with Crippen LogP contribution in [0, 0.1) is 25.2 Å². The Hall–Kier alpha value is -2.28. The van der Waals surface area contributed by atoms with E-state index in [-0.39, 0.29) is 11.6 Å². The van der Waals surface area contributed by atoms with E-state index in [0.29, 0.717) is 0 Å². The third-order valence-electron chi connectivity index (χ3n) is 3.34. The molecule has 2 N–H and O–H groups in total. The van der Waals surface area contributed by atoms with Crippen LogP contribution in [0.2, 0.25) is 0 Å². The van der Waals surface area contributed by atoms with Gasteiger partial charge in [-0.25, -0.2) is 0 Å². The Balaban J connectivity index is 2.83. The highest BCUT2D eigenvalue weighted by Gasteiger charge is 2.11. The fourth-order valence-corrected chi connectivity index (χ4v) is 1.57. The minimum absolute atomic E-state index is 0.0752. The molecule has 1 amide bonds. The molecule has 0 heterocycles. The van der Waals surface area contributed by atoms with E-state index >= 15 is 0 Å². The van der Waals surface area contributed by atoms with Gasteiger partial charge in [-0.15, -0.1) is 0 Å². The third-order valence-corrected chi connectivity index (χ3v) is 3.34. The van der Waals surface area contributed by atoms with Crippen LogP contribution < -0.4 is 10.6 Å². The quantitative estimate of drug-likeness (QED) is 0.639. The number of hydrogen-bond acceptors (Lipinski definition) is 3. The molecule has 0 saturated carbocycles. The van der Waals surface area contributed by atoms with Crippen molar-refractivity contribution in [3.63, 3.8) is 0 Å². The van der Waals surface area contributed by atoms with E-state index in [1.807, 2.05) is 52.0 Å². The number of amides is 1. The lowest BCUT2D eigenvalue weighted by molar-refractivity contribution is -0.112. The normalized spacial score (nSPS) is 12.4. The van der Waals surface area contributed by atoms with E-state index in [0.717, 1.165) is 23.2 Å². The zero-order chi connectivity index (χ0) is 15.1. The van der Waals surface area contributed by atoms with Gasteiger partial charge in [0.1, 0.15) is 11.6 Å². The summed E-state index contributed by atoms with van der Waals surface area (Å²) < 4.78 is 0. The molecule has 0 aliphatic rings. The van der Waals surface area contributed by atoms with Crippen molar-refractivity contribution in [1.82, 2.24) is 5.32 Å². The maximum atomic E-state index is 12.1. The van der Waals surface area contributed by atoms with Gasteiger partial charge in [0.15, 0.2) is 0 Å². The van der Waals surface area contributed by atoms with Crippen LogP contribution in [0.5, 0.6) is 0 Å². The maximum Gasteiger partial charge on any atom is 0.267 e. The van der Waals surface area contributed by atoms with E-state index in [1.54, 1.807) is 0 Å². The smallest absolute Gasteiger partial charge is 0.267 e. The number of aryl methyl sites for hydroxylation is 1. The number of carbonyl (C=O) groups excluding carboxylic acids is 1. The summed E-state index contributed by atoms with van der Waals surface area (Å²) in [6, 6.07) is 7.84. The summed E-state index contributed by atoms with van der Waals surface area (Å²) in [6.45, 7) is 7.95. The molecule has 0 radical (unpaired) electrons. The predicted octanol–water partition coefficient (Wildman–Crippen LogP) is 3.04. The first-order valence-corrected chi connectivity index (χ1v) is 6.73. The molecule has 20 heavy (non-hydrogen) atoms. The van der Waals surface area contributed by atoms with Gasteiger partial charge in [-0.2, -0.15) is 5.26 Å². The fraction of sp³-hybridized carbons (Fsp3) is 0.375. The molecule has 4 nitrogen and oxygen atoms in total. The van der Waals surface area contributed by atoms with Crippen LogP contribution in [0.3, 0.4) is 0 Å². The molecule has 0 fully saturated rings. The lowest BCUT2D eigenvalue weighted by atomic mass is 10.1. The van der Waals surface area contributed by atoms with Crippen LogP contribution in [-0.2, 0) is 4.79 Å². The van der Waals surface area contributed by atoms with Gasteiger partial charge in [0.05, 0.1) is 0 Å². The Bertz CT molecular complexity index is 555. The first kappa shape index (κ1) is 15.8. The van der Waals surface area contributed by atoms with Crippen molar-refractivity contribution in [3.8, 4) is 6.07 Å². The average Bonchev–Trinajstić information content (AvgIpc) is 2.44. The molecule has 1 unspecified atom stereocenters. The summed E-state index contributed by atoms with van der Waals surface area (Å²) in [6.07, 6.45) is 2.41. The van der Waals surface area contributed by atoms with Gasteiger partial charge in [0.2, 0.25) is 0 Å². The molecule has 0 spiro atoms. The number of nitriles is 1. The van der Waals surface area contributed by atoms with Gasteiger partial charge >= 0.3 is 0 Å².